The van der Waals surface area contributed by atoms with Crippen molar-refractivity contribution in [2.45, 2.75) is 78.9 Å². The van der Waals surface area contributed by atoms with Gasteiger partial charge >= 0.3 is 0 Å². The fourth-order valence-corrected chi connectivity index (χ4v) is 2.61. The summed E-state index contributed by atoms with van der Waals surface area (Å²) in [4.78, 5) is 2.56. The monoisotopic (exact) mass is 255 g/mol. The van der Waals surface area contributed by atoms with Gasteiger partial charge in [-0.15, -0.1) is 0 Å². The molecule has 0 aliphatic heterocycles. The van der Waals surface area contributed by atoms with Crippen LogP contribution in [0.1, 0.15) is 66.7 Å². The van der Waals surface area contributed by atoms with Crippen LogP contribution in [0.15, 0.2) is 0 Å². The van der Waals surface area contributed by atoms with Gasteiger partial charge in [0, 0.05) is 12.6 Å². The third kappa shape index (κ3) is 5.27. The Balaban J connectivity index is 2.53. The van der Waals surface area contributed by atoms with Crippen molar-refractivity contribution < 1.29 is 5.11 Å². The number of hydrogen-bond acceptors (Lipinski definition) is 2. The highest BCUT2D eigenvalue weighted by Gasteiger charge is 2.29. The second kappa shape index (κ2) is 6.91. The minimum absolute atomic E-state index is 0.00527. The zero-order chi connectivity index (χ0) is 13.8. The third-order valence-corrected chi connectivity index (χ3v) is 4.24. The topological polar surface area (TPSA) is 23.5 Å². The lowest BCUT2D eigenvalue weighted by atomic mass is 9.88. The summed E-state index contributed by atoms with van der Waals surface area (Å²) in [6, 6.07) is 0.723. The van der Waals surface area contributed by atoms with E-state index < -0.39 is 0 Å². The highest BCUT2D eigenvalue weighted by molar-refractivity contribution is 4.83. The summed E-state index contributed by atoms with van der Waals surface area (Å²) < 4.78 is 0. The van der Waals surface area contributed by atoms with Crippen LogP contribution in [0.5, 0.6) is 0 Å². The summed E-state index contributed by atoms with van der Waals surface area (Å²) in [5.74, 6) is 0.751. The molecular weight excluding hydrogens is 222 g/mol. The molecule has 0 spiro atoms. The lowest BCUT2D eigenvalue weighted by Crippen LogP contribution is -2.44. The van der Waals surface area contributed by atoms with Gasteiger partial charge in [-0.05, 0) is 37.1 Å². The summed E-state index contributed by atoms with van der Waals surface area (Å²) in [6.07, 6.45) is 6.42. The van der Waals surface area contributed by atoms with Crippen LogP contribution in [-0.2, 0) is 0 Å². The van der Waals surface area contributed by atoms with Crippen molar-refractivity contribution in [3.05, 3.63) is 0 Å². The summed E-state index contributed by atoms with van der Waals surface area (Å²) in [6.45, 7) is 13.0. The molecule has 1 unspecified atom stereocenters. The van der Waals surface area contributed by atoms with Gasteiger partial charge in [-0.3, -0.25) is 4.90 Å². The first kappa shape index (κ1) is 16.0. The first-order valence-electron chi connectivity index (χ1n) is 7.73. The maximum atomic E-state index is 10.3. The van der Waals surface area contributed by atoms with Crippen molar-refractivity contribution in [1.29, 1.82) is 0 Å². The molecule has 1 fully saturated rings. The van der Waals surface area contributed by atoms with E-state index in [4.69, 9.17) is 0 Å². The summed E-state index contributed by atoms with van der Waals surface area (Å²) in [7, 11) is 0. The first-order valence-corrected chi connectivity index (χ1v) is 7.73. The van der Waals surface area contributed by atoms with Crippen LogP contribution in [-0.4, -0.2) is 35.2 Å². The maximum Gasteiger partial charge on any atom is 0.0715 e. The highest BCUT2D eigenvalue weighted by Crippen LogP contribution is 2.27. The molecular formula is C16H33NO. The van der Waals surface area contributed by atoms with E-state index in [0.29, 0.717) is 0 Å². The molecule has 0 saturated heterocycles. The Hall–Kier alpha value is -0.0800. The molecule has 0 amide bonds. The van der Waals surface area contributed by atoms with Crippen molar-refractivity contribution in [3.63, 3.8) is 0 Å². The van der Waals surface area contributed by atoms with Crippen molar-refractivity contribution in [2.24, 2.45) is 11.3 Å². The van der Waals surface area contributed by atoms with Crippen LogP contribution in [0.25, 0.3) is 0 Å². The molecule has 2 heteroatoms. The number of rotatable bonds is 6. The number of hydrogen-bond donors (Lipinski definition) is 1. The predicted octanol–water partition coefficient (Wildman–Crippen LogP) is 3.68. The molecule has 1 atom stereocenters. The molecule has 2 nitrogen and oxygen atoms in total. The molecule has 1 N–H and O–H groups in total. The van der Waals surface area contributed by atoms with Gasteiger partial charge in [0.2, 0.25) is 0 Å². The minimum Gasteiger partial charge on any atom is -0.391 e. The van der Waals surface area contributed by atoms with Gasteiger partial charge in [-0.1, -0.05) is 47.5 Å². The van der Waals surface area contributed by atoms with E-state index in [-0.39, 0.29) is 11.5 Å². The summed E-state index contributed by atoms with van der Waals surface area (Å²) >= 11 is 0. The molecule has 1 rings (SSSR count). The van der Waals surface area contributed by atoms with E-state index >= 15 is 0 Å². The van der Waals surface area contributed by atoms with Crippen LogP contribution in [0.3, 0.4) is 0 Å². The zero-order valence-electron chi connectivity index (χ0n) is 13.1. The van der Waals surface area contributed by atoms with Crippen LogP contribution in [0.2, 0.25) is 0 Å². The number of nitrogens with zero attached hydrogens (tertiary/aromatic N) is 1. The Labute approximate surface area is 114 Å². The average molecular weight is 255 g/mol. The van der Waals surface area contributed by atoms with E-state index in [2.05, 4.69) is 39.5 Å². The zero-order valence-corrected chi connectivity index (χ0v) is 13.1. The van der Waals surface area contributed by atoms with Crippen LogP contribution < -0.4 is 0 Å². The molecule has 1 aliphatic rings. The molecule has 0 aromatic heterocycles. The Morgan fingerprint density at radius 1 is 1.17 bits per heavy atom. The van der Waals surface area contributed by atoms with Gasteiger partial charge in [-0.2, -0.15) is 0 Å². The standard InChI is InChI=1S/C16H33NO/c1-13(2)10-11-17(14-8-6-7-9-14)12-15(18)16(3,4)5/h13-15,18H,6-12H2,1-5H3. The number of aliphatic hydroxyl groups is 1. The van der Waals surface area contributed by atoms with Gasteiger partial charge in [0.15, 0.2) is 0 Å². The molecule has 108 valence electrons. The fourth-order valence-electron chi connectivity index (χ4n) is 2.61. The molecule has 0 aromatic carbocycles. The molecule has 0 bridgehead atoms. The number of aliphatic hydroxyl groups excluding tert-OH is 1. The predicted molar refractivity (Wildman–Crippen MR) is 78.7 cm³/mol. The Bertz CT molecular complexity index is 226. The normalized spacial score (nSPS) is 20.0. The second-order valence-electron chi connectivity index (χ2n) is 7.50. The average Bonchev–Trinajstić information content (AvgIpc) is 2.75. The Morgan fingerprint density at radius 2 is 1.72 bits per heavy atom. The van der Waals surface area contributed by atoms with E-state index in [1.807, 2.05) is 0 Å². The van der Waals surface area contributed by atoms with Gasteiger partial charge in [0.25, 0.3) is 0 Å². The van der Waals surface area contributed by atoms with Crippen LogP contribution in [0.4, 0.5) is 0 Å². The summed E-state index contributed by atoms with van der Waals surface area (Å²) in [5, 5.41) is 10.3. The second-order valence-corrected chi connectivity index (χ2v) is 7.50. The van der Waals surface area contributed by atoms with Gasteiger partial charge < -0.3 is 5.11 Å². The molecule has 18 heavy (non-hydrogen) atoms. The smallest absolute Gasteiger partial charge is 0.0715 e. The van der Waals surface area contributed by atoms with Gasteiger partial charge in [-0.25, -0.2) is 0 Å². The quantitative estimate of drug-likeness (QED) is 0.782. The third-order valence-electron chi connectivity index (χ3n) is 4.24. The maximum absolute atomic E-state index is 10.3. The lowest BCUT2D eigenvalue weighted by molar-refractivity contribution is 0.0148. The van der Waals surface area contributed by atoms with E-state index in [9.17, 15) is 5.11 Å². The lowest BCUT2D eigenvalue weighted by Gasteiger charge is -2.35. The van der Waals surface area contributed by atoms with Crippen molar-refractivity contribution in [3.8, 4) is 0 Å². The largest absolute Gasteiger partial charge is 0.391 e. The minimum atomic E-state index is -0.217. The van der Waals surface area contributed by atoms with Crippen molar-refractivity contribution in [1.82, 2.24) is 4.90 Å². The Kier molecular flexibility index (Phi) is 6.13. The van der Waals surface area contributed by atoms with Gasteiger partial charge in [0.1, 0.15) is 0 Å². The molecule has 0 radical (unpaired) electrons. The van der Waals surface area contributed by atoms with Crippen LogP contribution in [0, 0.1) is 11.3 Å². The van der Waals surface area contributed by atoms with Gasteiger partial charge in [0.05, 0.1) is 6.10 Å². The van der Waals surface area contributed by atoms with E-state index in [1.54, 1.807) is 0 Å². The van der Waals surface area contributed by atoms with Crippen LogP contribution >= 0.6 is 0 Å². The fraction of sp³-hybridized carbons (Fsp3) is 1.00. The van der Waals surface area contributed by atoms with E-state index in [1.165, 1.54) is 32.1 Å². The molecule has 0 aromatic rings. The molecule has 0 heterocycles. The summed E-state index contributed by atoms with van der Waals surface area (Å²) in [5.41, 5.74) is -0.00527. The van der Waals surface area contributed by atoms with Crippen molar-refractivity contribution >= 4 is 0 Å². The Morgan fingerprint density at radius 3 is 2.17 bits per heavy atom. The van der Waals surface area contributed by atoms with E-state index in [0.717, 1.165) is 25.0 Å². The molecule has 1 saturated carbocycles. The van der Waals surface area contributed by atoms with Crippen molar-refractivity contribution in [2.75, 3.05) is 13.1 Å². The SMILES string of the molecule is CC(C)CCN(CC(O)C(C)(C)C)C1CCCC1. The molecule has 1 aliphatic carbocycles. The highest BCUT2D eigenvalue weighted by atomic mass is 16.3. The first-order chi connectivity index (χ1) is 8.30.